The van der Waals surface area contributed by atoms with Gasteiger partial charge < -0.3 is 19.4 Å². The summed E-state index contributed by atoms with van der Waals surface area (Å²) in [6.45, 7) is 3.76. The van der Waals surface area contributed by atoms with E-state index >= 15 is 0 Å². The molecule has 1 aliphatic rings. The molecule has 2 aromatic rings. The lowest BCUT2D eigenvalue weighted by Gasteiger charge is -2.26. The number of halogens is 1. The number of hydrogen-bond acceptors (Lipinski definition) is 4. The van der Waals surface area contributed by atoms with Crippen LogP contribution in [0, 0.1) is 5.82 Å². The summed E-state index contributed by atoms with van der Waals surface area (Å²) in [6.07, 6.45) is 4.72. The van der Waals surface area contributed by atoms with E-state index in [0.29, 0.717) is 23.2 Å². The molecule has 1 aromatic heterocycles. The predicted octanol–water partition coefficient (Wildman–Crippen LogP) is 3.35. The van der Waals surface area contributed by atoms with Crippen LogP contribution in [0.4, 0.5) is 4.39 Å². The number of esters is 1. The van der Waals surface area contributed by atoms with Gasteiger partial charge in [0, 0.05) is 23.5 Å². The second-order valence-corrected chi connectivity index (χ2v) is 6.15. The van der Waals surface area contributed by atoms with Crippen molar-refractivity contribution < 1.29 is 18.7 Å². The number of carbonyl (C=O) groups is 1. The molecule has 130 valence electrons. The number of aromatic amines is 1. The van der Waals surface area contributed by atoms with E-state index in [1.54, 1.807) is 12.1 Å². The highest BCUT2D eigenvalue weighted by molar-refractivity contribution is 5.95. The van der Waals surface area contributed by atoms with Gasteiger partial charge in [-0.15, -0.1) is 0 Å². The van der Waals surface area contributed by atoms with Crippen LogP contribution in [0.15, 0.2) is 18.2 Å². The van der Waals surface area contributed by atoms with Crippen LogP contribution in [0.2, 0.25) is 0 Å². The lowest BCUT2D eigenvalue weighted by atomic mass is 10.1. The third kappa shape index (κ3) is 3.87. The Kier molecular flexibility index (Phi) is 5.35. The van der Waals surface area contributed by atoms with E-state index in [9.17, 15) is 9.18 Å². The average Bonchev–Trinajstić information content (AvgIpc) is 3.01. The van der Waals surface area contributed by atoms with Crippen molar-refractivity contribution in [3.8, 4) is 5.75 Å². The van der Waals surface area contributed by atoms with Crippen molar-refractivity contribution in [2.24, 2.45) is 0 Å². The fraction of sp³-hybridized carbons (Fsp3) is 0.500. The predicted molar refractivity (Wildman–Crippen MR) is 90.0 cm³/mol. The molecule has 1 fully saturated rings. The van der Waals surface area contributed by atoms with Gasteiger partial charge in [0.15, 0.2) is 11.6 Å². The van der Waals surface area contributed by atoms with Crippen LogP contribution in [-0.2, 0) is 4.74 Å². The second kappa shape index (κ2) is 7.66. The zero-order valence-corrected chi connectivity index (χ0v) is 13.9. The normalized spacial score (nSPS) is 15.6. The molecule has 0 amide bonds. The van der Waals surface area contributed by atoms with Crippen molar-refractivity contribution in [3.63, 3.8) is 0 Å². The SMILES string of the molecule is COC(=O)c1cc2cc(F)c(OCCCN3CCCCC3)cc2[nH]1. The monoisotopic (exact) mass is 334 g/mol. The first-order valence-corrected chi connectivity index (χ1v) is 8.43. The van der Waals surface area contributed by atoms with Crippen molar-refractivity contribution >= 4 is 16.9 Å². The number of rotatable bonds is 6. The maximum Gasteiger partial charge on any atom is 0.354 e. The zero-order chi connectivity index (χ0) is 16.9. The highest BCUT2D eigenvalue weighted by Gasteiger charge is 2.13. The van der Waals surface area contributed by atoms with Crippen molar-refractivity contribution in [1.29, 1.82) is 0 Å². The van der Waals surface area contributed by atoms with Crippen LogP contribution in [0.3, 0.4) is 0 Å². The molecule has 1 aromatic carbocycles. The van der Waals surface area contributed by atoms with Gasteiger partial charge in [0.1, 0.15) is 5.69 Å². The van der Waals surface area contributed by atoms with Crippen molar-refractivity contribution in [1.82, 2.24) is 9.88 Å². The minimum atomic E-state index is -0.476. The Morgan fingerprint density at radius 1 is 1.25 bits per heavy atom. The molecule has 0 spiro atoms. The molecule has 1 N–H and O–H groups in total. The van der Waals surface area contributed by atoms with Gasteiger partial charge in [-0.25, -0.2) is 9.18 Å². The van der Waals surface area contributed by atoms with Gasteiger partial charge in [0.2, 0.25) is 0 Å². The molecule has 0 aliphatic carbocycles. The third-order valence-corrected chi connectivity index (χ3v) is 4.40. The summed E-state index contributed by atoms with van der Waals surface area (Å²) in [4.78, 5) is 16.9. The van der Waals surface area contributed by atoms with E-state index in [2.05, 4.69) is 14.6 Å². The van der Waals surface area contributed by atoms with Gasteiger partial charge in [-0.05, 0) is 44.5 Å². The second-order valence-electron chi connectivity index (χ2n) is 6.15. The molecule has 3 rings (SSSR count). The number of benzene rings is 1. The summed E-state index contributed by atoms with van der Waals surface area (Å²) in [7, 11) is 1.31. The van der Waals surface area contributed by atoms with E-state index in [1.165, 1.54) is 32.4 Å². The Hall–Kier alpha value is -2.08. The van der Waals surface area contributed by atoms with Crippen LogP contribution < -0.4 is 4.74 Å². The minimum Gasteiger partial charge on any atom is -0.490 e. The molecule has 2 heterocycles. The number of carbonyl (C=O) groups excluding carboxylic acids is 1. The Labute approximate surface area is 140 Å². The maximum atomic E-state index is 14.1. The summed E-state index contributed by atoms with van der Waals surface area (Å²) in [5, 5.41) is 0.619. The third-order valence-electron chi connectivity index (χ3n) is 4.40. The fourth-order valence-corrected chi connectivity index (χ4v) is 3.12. The number of likely N-dealkylation sites (tertiary alicyclic amines) is 1. The molecule has 0 radical (unpaired) electrons. The van der Waals surface area contributed by atoms with Gasteiger partial charge in [-0.3, -0.25) is 0 Å². The summed E-state index contributed by atoms with van der Waals surface area (Å²) in [5.74, 6) is -0.689. The summed E-state index contributed by atoms with van der Waals surface area (Å²) in [6, 6.07) is 4.54. The summed E-state index contributed by atoms with van der Waals surface area (Å²) >= 11 is 0. The largest absolute Gasteiger partial charge is 0.490 e. The van der Waals surface area contributed by atoms with Crippen molar-refractivity contribution in [2.75, 3.05) is 33.4 Å². The Morgan fingerprint density at radius 3 is 2.79 bits per heavy atom. The van der Waals surface area contributed by atoms with E-state index in [4.69, 9.17) is 4.74 Å². The van der Waals surface area contributed by atoms with Crippen molar-refractivity contribution in [2.45, 2.75) is 25.7 Å². The number of nitrogens with one attached hydrogen (secondary N) is 1. The topological polar surface area (TPSA) is 54.6 Å². The Balaban J connectivity index is 1.59. The van der Waals surface area contributed by atoms with Gasteiger partial charge in [-0.2, -0.15) is 0 Å². The van der Waals surface area contributed by atoms with E-state index in [-0.39, 0.29) is 5.75 Å². The molecule has 0 bridgehead atoms. The lowest BCUT2D eigenvalue weighted by Crippen LogP contribution is -2.31. The van der Waals surface area contributed by atoms with Gasteiger partial charge >= 0.3 is 5.97 Å². The number of H-pyrrole nitrogens is 1. The quantitative estimate of drug-likeness (QED) is 0.650. The van der Waals surface area contributed by atoms with Crippen LogP contribution in [0.25, 0.3) is 10.9 Å². The molecule has 0 unspecified atom stereocenters. The molecule has 1 aliphatic heterocycles. The average molecular weight is 334 g/mol. The number of fused-ring (bicyclic) bond motifs is 1. The van der Waals surface area contributed by atoms with E-state index in [1.807, 2.05) is 0 Å². The van der Waals surface area contributed by atoms with E-state index in [0.717, 1.165) is 26.1 Å². The molecule has 6 heteroatoms. The smallest absolute Gasteiger partial charge is 0.354 e. The van der Waals surface area contributed by atoms with Gasteiger partial charge in [0.05, 0.1) is 13.7 Å². The number of hydrogen-bond donors (Lipinski definition) is 1. The van der Waals surface area contributed by atoms with Crippen LogP contribution >= 0.6 is 0 Å². The highest BCUT2D eigenvalue weighted by Crippen LogP contribution is 2.25. The number of piperidine rings is 1. The Bertz CT molecular complexity index is 708. The van der Waals surface area contributed by atoms with Crippen molar-refractivity contribution in [3.05, 3.63) is 29.7 Å². The minimum absolute atomic E-state index is 0.208. The number of ether oxygens (including phenoxy) is 2. The standard InChI is InChI=1S/C18H23FN2O3/c1-23-18(22)16-11-13-10-14(19)17(12-15(13)20-16)24-9-5-8-21-6-3-2-4-7-21/h10-12,20H,2-9H2,1H3. The first kappa shape index (κ1) is 16.8. The number of methoxy groups -OCH3 is 1. The molecule has 1 saturated heterocycles. The van der Waals surface area contributed by atoms with Gasteiger partial charge in [-0.1, -0.05) is 6.42 Å². The maximum absolute atomic E-state index is 14.1. The summed E-state index contributed by atoms with van der Waals surface area (Å²) in [5.41, 5.74) is 0.956. The number of nitrogens with zero attached hydrogens (tertiary/aromatic N) is 1. The van der Waals surface area contributed by atoms with Crippen LogP contribution in [-0.4, -0.2) is 49.2 Å². The van der Waals surface area contributed by atoms with Crippen LogP contribution in [0.5, 0.6) is 5.75 Å². The highest BCUT2D eigenvalue weighted by atomic mass is 19.1. The molecular formula is C18H23FN2O3. The van der Waals surface area contributed by atoms with E-state index < -0.39 is 11.8 Å². The number of aromatic nitrogens is 1. The molecule has 5 nitrogen and oxygen atoms in total. The Morgan fingerprint density at radius 2 is 2.04 bits per heavy atom. The van der Waals surface area contributed by atoms with Crippen LogP contribution in [0.1, 0.15) is 36.2 Å². The fourth-order valence-electron chi connectivity index (χ4n) is 3.12. The molecule has 0 atom stereocenters. The first-order valence-electron chi connectivity index (χ1n) is 8.43. The first-order chi connectivity index (χ1) is 11.7. The lowest BCUT2D eigenvalue weighted by molar-refractivity contribution is 0.0595. The molecular weight excluding hydrogens is 311 g/mol. The molecule has 24 heavy (non-hydrogen) atoms. The zero-order valence-electron chi connectivity index (χ0n) is 13.9. The van der Waals surface area contributed by atoms with Gasteiger partial charge in [0.25, 0.3) is 0 Å². The molecule has 0 saturated carbocycles. The summed E-state index contributed by atoms with van der Waals surface area (Å²) < 4.78 is 24.4.